The molecule has 1 spiro atoms. The average molecular weight is 564 g/mol. The molecule has 1 saturated heterocycles. The van der Waals surface area contributed by atoms with Gasteiger partial charge in [0.15, 0.2) is 0 Å². The van der Waals surface area contributed by atoms with Gasteiger partial charge in [-0.05, 0) is 57.4 Å². The van der Waals surface area contributed by atoms with E-state index in [1.54, 1.807) is 9.58 Å². The fourth-order valence-corrected chi connectivity index (χ4v) is 5.43. The van der Waals surface area contributed by atoms with Gasteiger partial charge in [0.25, 0.3) is 5.91 Å². The van der Waals surface area contributed by atoms with Crippen LogP contribution in [-0.4, -0.2) is 55.2 Å². The molecule has 3 aromatic rings. The third-order valence-electron chi connectivity index (χ3n) is 7.12. The van der Waals surface area contributed by atoms with Gasteiger partial charge in [-0.15, -0.1) is 0 Å². The first-order chi connectivity index (χ1) is 18.5. The van der Waals surface area contributed by atoms with Crippen LogP contribution in [0.25, 0.3) is 11.3 Å². The number of nitrogens with zero attached hydrogens (tertiary/aromatic N) is 5. The predicted octanol–water partition coefficient (Wildman–Crippen LogP) is 4.21. The van der Waals surface area contributed by atoms with Gasteiger partial charge in [0.1, 0.15) is 28.5 Å². The quantitative estimate of drug-likeness (QED) is 0.447. The number of ether oxygens (including phenoxy) is 1. The van der Waals surface area contributed by atoms with Gasteiger partial charge in [0, 0.05) is 30.3 Å². The molecule has 2 aromatic heterocycles. The molecule has 214 valence electrons. The molecule has 0 bridgehead atoms. The Morgan fingerprint density at radius 1 is 1.15 bits per heavy atom. The Balaban J connectivity index is 1.31. The lowest BCUT2D eigenvalue weighted by Gasteiger charge is -2.58. The zero-order valence-electron chi connectivity index (χ0n) is 22.1. The van der Waals surface area contributed by atoms with Crippen LogP contribution in [0.1, 0.15) is 61.1 Å². The second-order valence-corrected chi connectivity index (χ2v) is 11.6. The van der Waals surface area contributed by atoms with Gasteiger partial charge in [-0.1, -0.05) is 0 Å². The molecule has 1 aliphatic heterocycles. The Hall–Kier alpha value is -4.10. The number of likely N-dealkylation sites (tertiary alicyclic amines) is 1. The van der Waals surface area contributed by atoms with E-state index in [9.17, 15) is 27.2 Å². The van der Waals surface area contributed by atoms with Gasteiger partial charge >= 0.3 is 12.3 Å². The van der Waals surface area contributed by atoms with E-state index in [-0.39, 0.29) is 46.7 Å². The van der Waals surface area contributed by atoms with E-state index in [0.717, 1.165) is 12.1 Å². The SMILES string of the molecule is CC(C)(C)OC(=O)N1CC2(CC(n3nc(-c4cnn(Cc5cc(F)cc(C(F)(F)F)c5)c4)c(C(N)=O)c3N)C2)C1. The molecule has 1 saturated carbocycles. The maximum Gasteiger partial charge on any atom is 0.416 e. The van der Waals surface area contributed by atoms with Crippen molar-refractivity contribution in [2.45, 2.75) is 58.0 Å². The summed E-state index contributed by atoms with van der Waals surface area (Å²) in [6.45, 7) is 6.38. The maximum absolute atomic E-state index is 13.8. The molecule has 0 atom stereocenters. The third kappa shape index (κ3) is 5.21. The standard InChI is InChI=1S/C26H29F4N7O3/c1-24(2,3)40-23(39)35-12-25(13-35)7-18(8-25)37-21(31)19(22(32)38)20(34-37)15-9-33-36(11-15)10-14-4-16(26(28,29)30)6-17(27)5-14/h4-6,9,11,18H,7-8,10,12-13,31H2,1-3H3,(H2,32,38). The molecule has 3 heterocycles. The molecule has 10 nitrogen and oxygen atoms in total. The summed E-state index contributed by atoms with van der Waals surface area (Å²) in [7, 11) is 0. The molecule has 0 radical (unpaired) electrons. The van der Waals surface area contributed by atoms with E-state index in [1.807, 2.05) is 20.8 Å². The van der Waals surface area contributed by atoms with Crippen molar-refractivity contribution < 1.29 is 31.9 Å². The molecule has 1 aromatic carbocycles. The Bertz CT molecular complexity index is 1470. The van der Waals surface area contributed by atoms with Crippen molar-refractivity contribution in [3.05, 3.63) is 53.1 Å². The molecule has 4 N–H and O–H groups in total. The van der Waals surface area contributed by atoms with Crippen LogP contribution in [0.2, 0.25) is 0 Å². The summed E-state index contributed by atoms with van der Waals surface area (Å²) in [6.07, 6.45) is -0.810. The minimum absolute atomic E-state index is 0.00889. The van der Waals surface area contributed by atoms with Gasteiger partial charge in [0.05, 0.1) is 24.3 Å². The van der Waals surface area contributed by atoms with E-state index in [1.165, 1.54) is 17.1 Å². The number of benzene rings is 1. The van der Waals surface area contributed by atoms with Crippen LogP contribution in [0.4, 0.5) is 28.2 Å². The number of alkyl halides is 3. The largest absolute Gasteiger partial charge is 0.444 e. The van der Waals surface area contributed by atoms with Crippen molar-refractivity contribution in [2.75, 3.05) is 18.8 Å². The van der Waals surface area contributed by atoms with Gasteiger partial charge in [0.2, 0.25) is 0 Å². The minimum atomic E-state index is -4.69. The number of primary amides is 1. The highest BCUT2D eigenvalue weighted by atomic mass is 19.4. The smallest absolute Gasteiger partial charge is 0.416 e. The van der Waals surface area contributed by atoms with Gasteiger partial charge in [-0.2, -0.15) is 23.4 Å². The van der Waals surface area contributed by atoms with E-state index >= 15 is 0 Å². The first kappa shape index (κ1) is 27.5. The highest BCUT2D eigenvalue weighted by Crippen LogP contribution is 2.55. The van der Waals surface area contributed by atoms with Crippen LogP contribution in [-0.2, 0) is 17.5 Å². The van der Waals surface area contributed by atoms with Crippen molar-refractivity contribution in [3.8, 4) is 11.3 Å². The molecule has 5 rings (SSSR count). The summed E-state index contributed by atoms with van der Waals surface area (Å²) in [5, 5.41) is 8.70. The maximum atomic E-state index is 13.8. The van der Waals surface area contributed by atoms with Gasteiger partial charge < -0.3 is 21.1 Å². The Kier molecular flexibility index (Phi) is 6.34. The molecular formula is C26H29F4N7O3. The summed E-state index contributed by atoms with van der Waals surface area (Å²) < 4.78 is 61.3. The number of amides is 2. The van der Waals surface area contributed by atoms with Crippen LogP contribution >= 0.6 is 0 Å². The van der Waals surface area contributed by atoms with Crippen LogP contribution in [0.5, 0.6) is 0 Å². The van der Waals surface area contributed by atoms with Crippen LogP contribution in [0.15, 0.2) is 30.6 Å². The zero-order valence-corrected chi connectivity index (χ0v) is 22.1. The van der Waals surface area contributed by atoms with E-state index in [4.69, 9.17) is 16.2 Å². The van der Waals surface area contributed by atoms with Crippen molar-refractivity contribution in [3.63, 3.8) is 0 Å². The highest BCUT2D eigenvalue weighted by Gasteiger charge is 2.55. The Morgan fingerprint density at radius 3 is 2.42 bits per heavy atom. The van der Waals surface area contributed by atoms with E-state index in [0.29, 0.717) is 37.6 Å². The molecule has 1 aliphatic carbocycles. The predicted molar refractivity (Wildman–Crippen MR) is 135 cm³/mol. The van der Waals surface area contributed by atoms with Gasteiger partial charge in [-0.3, -0.25) is 9.48 Å². The van der Waals surface area contributed by atoms with E-state index < -0.39 is 29.1 Å². The summed E-state index contributed by atoms with van der Waals surface area (Å²) >= 11 is 0. The van der Waals surface area contributed by atoms with Crippen LogP contribution in [0, 0.1) is 11.2 Å². The number of hydrogen-bond donors (Lipinski definition) is 2. The number of aromatic nitrogens is 4. The fraction of sp³-hybridized carbons (Fsp3) is 0.462. The number of anilines is 1. The van der Waals surface area contributed by atoms with Crippen molar-refractivity contribution in [1.29, 1.82) is 0 Å². The molecule has 2 fully saturated rings. The molecular weight excluding hydrogens is 534 g/mol. The number of hydrogen-bond acceptors (Lipinski definition) is 6. The second kappa shape index (κ2) is 9.24. The Morgan fingerprint density at radius 2 is 1.82 bits per heavy atom. The van der Waals surface area contributed by atoms with Gasteiger partial charge in [-0.25, -0.2) is 13.9 Å². The van der Waals surface area contributed by atoms with Crippen molar-refractivity contribution in [1.82, 2.24) is 24.5 Å². The highest BCUT2D eigenvalue weighted by molar-refractivity contribution is 6.03. The zero-order chi connectivity index (χ0) is 29.2. The van der Waals surface area contributed by atoms with Crippen LogP contribution in [0.3, 0.4) is 0 Å². The first-order valence-corrected chi connectivity index (χ1v) is 12.6. The first-order valence-electron chi connectivity index (χ1n) is 12.6. The van der Waals surface area contributed by atoms with Crippen molar-refractivity contribution in [2.24, 2.45) is 11.1 Å². The number of nitrogens with two attached hydrogens (primary N) is 2. The summed E-state index contributed by atoms with van der Waals surface area (Å²) in [4.78, 5) is 26.2. The normalized spacial score (nSPS) is 17.0. The van der Waals surface area contributed by atoms with Crippen LogP contribution < -0.4 is 11.5 Å². The number of carbonyl (C=O) groups excluding carboxylic acids is 2. The summed E-state index contributed by atoms with van der Waals surface area (Å²) in [5.41, 5.74) is 10.8. The molecule has 2 amide bonds. The second-order valence-electron chi connectivity index (χ2n) is 11.6. The van der Waals surface area contributed by atoms with E-state index in [2.05, 4.69) is 10.2 Å². The fourth-order valence-electron chi connectivity index (χ4n) is 5.43. The number of nitrogen functional groups attached to an aromatic ring is 1. The monoisotopic (exact) mass is 563 g/mol. The summed E-state index contributed by atoms with van der Waals surface area (Å²) in [6, 6.07) is 2.16. The van der Waals surface area contributed by atoms with Crippen molar-refractivity contribution >= 4 is 17.8 Å². The lowest BCUT2D eigenvalue weighted by atomic mass is 9.61. The Labute approximate surface area is 226 Å². The average Bonchev–Trinajstić information content (AvgIpc) is 3.34. The lowest BCUT2D eigenvalue weighted by molar-refractivity contribution is -0.137. The number of carbonyl (C=O) groups is 2. The molecule has 2 aliphatic rings. The topological polar surface area (TPSA) is 134 Å². The third-order valence-corrected chi connectivity index (χ3v) is 7.12. The molecule has 14 heteroatoms. The number of halogens is 4. The number of rotatable bonds is 5. The lowest BCUT2D eigenvalue weighted by Crippen LogP contribution is -2.64. The molecule has 40 heavy (non-hydrogen) atoms. The minimum Gasteiger partial charge on any atom is -0.444 e. The molecule has 0 unspecified atom stereocenters. The summed E-state index contributed by atoms with van der Waals surface area (Å²) in [5.74, 6) is -1.71.